The lowest BCUT2D eigenvalue weighted by molar-refractivity contribution is 1.07. The Balaban J connectivity index is 0.000000980. The van der Waals surface area contributed by atoms with Crippen molar-refractivity contribution in [1.82, 2.24) is 10.2 Å². The summed E-state index contributed by atoms with van der Waals surface area (Å²) in [7, 11) is 0. The third kappa shape index (κ3) is 1.24. The summed E-state index contributed by atoms with van der Waals surface area (Å²) in [4.78, 5) is 0. The molecule has 1 aromatic heterocycles. The molecule has 0 amide bonds. The Morgan fingerprint density at radius 3 is 3.00 bits per heavy atom. The van der Waals surface area contributed by atoms with Gasteiger partial charge in [0.1, 0.15) is 0 Å². The van der Waals surface area contributed by atoms with E-state index in [1.807, 2.05) is 26.0 Å². The number of aromatic nitrogens is 2. The molecule has 1 heterocycles. The summed E-state index contributed by atoms with van der Waals surface area (Å²) in [6.45, 7) is 7.95. The van der Waals surface area contributed by atoms with Gasteiger partial charge in [-0.3, -0.25) is 5.10 Å². The van der Waals surface area contributed by atoms with Crippen LogP contribution in [-0.2, 0) is 0 Å². The number of allylic oxidation sites excluding steroid dienone is 1. The topological polar surface area (TPSA) is 28.7 Å². The summed E-state index contributed by atoms with van der Waals surface area (Å²) in [5, 5.41) is 8.31. The van der Waals surface area contributed by atoms with E-state index in [1.54, 1.807) is 0 Å². The van der Waals surface area contributed by atoms with Crippen LogP contribution in [0.3, 0.4) is 0 Å². The number of hydrogen-bond donors (Lipinski definition) is 1. The fourth-order valence-corrected chi connectivity index (χ4v) is 1.40. The number of rotatable bonds is 1. The van der Waals surface area contributed by atoms with Crippen molar-refractivity contribution in [2.24, 2.45) is 0 Å². The van der Waals surface area contributed by atoms with Crippen molar-refractivity contribution >= 4 is 16.5 Å². The van der Waals surface area contributed by atoms with E-state index in [1.165, 1.54) is 10.9 Å². The average molecular weight is 174 g/mol. The predicted octanol–water partition coefficient (Wildman–Crippen LogP) is 3.15. The molecule has 0 bridgehead atoms. The Morgan fingerprint density at radius 2 is 2.31 bits per heavy atom. The molecule has 0 spiro atoms. The number of nitrogens with one attached hydrogen (secondary N) is 1. The van der Waals surface area contributed by atoms with Gasteiger partial charge in [-0.1, -0.05) is 18.2 Å². The van der Waals surface area contributed by atoms with E-state index in [0.717, 1.165) is 16.8 Å². The summed E-state index contributed by atoms with van der Waals surface area (Å²) in [5.74, 6) is 0. The first kappa shape index (κ1) is 8.05. The molecule has 0 radical (unpaired) electrons. The number of hydrogen-bond acceptors (Lipinski definition) is 1. The van der Waals surface area contributed by atoms with Gasteiger partial charge in [-0.05, 0) is 31.5 Å². The fraction of sp³-hybridized carbons (Fsp3) is 0.182. The van der Waals surface area contributed by atoms with Crippen molar-refractivity contribution < 1.29 is 1.43 Å². The van der Waals surface area contributed by atoms with E-state index in [9.17, 15) is 0 Å². The quantitative estimate of drug-likeness (QED) is 0.706. The Hall–Kier alpha value is -1.57. The van der Waals surface area contributed by atoms with E-state index in [-0.39, 0.29) is 1.43 Å². The third-order valence-electron chi connectivity index (χ3n) is 2.24. The molecule has 2 rings (SSSR count). The molecule has 2 heteroatoms. The minimum atomic E-state index is 0. The monoisotopic (exact) mass is 174 g/mol. The second-order valence-electron chi connectivity index (χ2n) is 3.36. The molecule has 2 nitrogen and oxygen atoms in total. The molecule has 0 unspecified atom stereocenters. The molecule has 0 aliphatic rings. The maximum Gasteiger partial charge on any atom is 0.0924 e. The van der Waals surface area contributed by atoms with Gasteiger partial charge in [-0.15, -0.1) is 0 Å². The Morgan fingerprint density at radius 1 is 1.54 bits per heavy atom. The van der Waals surface area contributed by atoms with Crippen molar-refractivity contribution in [2.75, 3.05) is 0 Å². The highest BCUT2D eigenvalue weighted by molar-refractivity contribution is 5.84. The maximum absolute atomic E-state index is 4.16. The zero-order chi connectivity index (χ0) is 9.42. The molecule has 0 saturated heterocycles. The zero-order valence-corrected chi connectivity index (χ0v) is 7.89. The molecule has 0 aliphatic carbocycles. The second kappa shape index (κ2) is 2.73. The molecule has 2 aromatic rings. The normalized spacial score (nSPS) is 10.6. The van der Waals surface area contributed by atoms with Gasteiger partial charge in [-0.2, -0.15) is 5.10 Å². The van der Waals surface area contributed by atoms with Crippen molar-refractivity contribution in [3.05, 3.63) is 36.0 Å². The van der Waals surface area contributed by atoms with Crippen molar-refractivity contribution in [1.29, 1.82) is 0 Å². The maximum atomic E-state index is 4.16. The van der Waals surface area contributed by atoms with Crippen LogP contribution in [-0.4, -0.2) is 10.2 Å². The lowest BCUT2D eigenvalue weighted by atomic mass is 10.1. The number of H-pyrrole nitrogens is 1. The smallest absolute Gasteiger partial charge is 0.0924 e. The summed E-state index contributed by atoms with van der Waals surface area (Å²) >= 11 is 0. The number of benzene rings is 1. The minimum absolute atomic E-state index is 0. The molecule has 1 aromatic carbocycles. The summed E-state index contributed by atoms with van der Waals surface area (Å²) in [6, 6.07) is 6.18. The number of aromatic amines is 1. The van der Waals surface area contributed by atoms with Gasteiger partial charge in [0, 0.05) is 12.5 Å². The largest absolute Gasteiger partial charge is 0.282 e. The molecule has 0 atom stereocenters. The summed E-state index contributed by atoms with van der Waals surface area (Å²) < 4.78 is 0. The molecular weight excluding hydrogens is 160 g/mol. The standard InChI is InChI=1S/C11H12N2.H2/c1-7(2)9-4-5-11-10(6-9)8(3)12-13-11;/h4-6H,1H2,2-3H3,(H,12,13);1H. The molecule has 0 fully saturated rings. The van der Waals surface area contributed by atoms with E-state index in [2.05, 4.69) is 22.8 Å². The lowest BCUT2D eigenvalue weighted by Gasteiger charge is -1.98. The second-order valence-corrected chi connectivity index (χ2v) is 3.36. The lowest BCUT2D eigenvalue weighted by Crippen LogP contribution is -1.77. The molecule has 13 heavy (non-hydrogen) atoms. The van der Waals surface area contributed by atoms with Gasteiger partial charge in [0.15, 0.2) is 0 Å². The summed E-state index contributed by atoms with van der Waals surface area (Å²) in [6.07, 6.45) is 0. The molecule has 68 valence electrons. The Kier molecular flexibility index (Phi) is 1.69. The highest BCUT2D eigenvalue weighted by Gasteiger charge is 2.01. The molecule has 0 saturated carbocycles. The zero-order valence-electron chi connectivity index (χ0n) is 7.89. The van der Waals surface area contributed by atoms with Crippen LogP contribution in [0.1, 0.15) is 19.6 Å². The van der Waals surface area contributed by atoms with Crippen molar-refractivity contribution in [3.63, 3.8) is 0 Å². The van der Waals surface area contributed by atoms with Crippen LogP contribution in [0.15, 0.2) is 24.8 Å². The van der Waals surface area contributed by atoms with Gasteiger partial charge in [0.05, 0.1) is 5.52 Å². The first-order valence-corrected chi connectivity index (χ1v) is 4.29. The average Bonchev–Trinajstić information content (AvgIpc) is 2.47. The summed E-state index contributed by atoms with van der Waals surface area (Å²) in [5.41, 5.74) is 4.39. The SMILES string of the molecule is C=C(C)c1ccc2n[nH]c(C)c2c1.[HH]. The van der Waals surface area contributed by atoms with E-state index in [4.69, 9.17) is 0 Å². The van der Waals surface area contributed by atoms with Crippen LogP contribution in [0.5, 0.6) is 0 Å². The van der Waals surface area contributed by atoms with Crippen LogP contribution < -0.4 is 0 Å². The Bertz CT molecular complexity index is 471. The van der Waals surface area contributed by atoms with E-state index < -0.39 is 0 Å². The predicted molar refractivity (Wildman–Crippen MR) is 57.7 cm³/mol. The van der Waals surface area contributed by atoms with Crippen LogP contribution in [0.2, 0.25) is 0 Å². The van der Waals surface area contributed by atoms with Crippen LogP contribution in [0, 0.1) is 6.92 Å². The molecule has 0 aliphatic heterocycles. The fourth-order valence-electron chi connectivity index (χ4n) is 1.40. The van der Waals surface area contributed by atoms with Gasteiger partial charge in [-0.25, -0.2) is 0 Å². The van der Waals surface area contributed by atoms with Crippen LogP contribution in [0.25, 0.3) is 16.5 Å². The number of aryl methyl sites for hydroxylation is 1. The number of fused-ring (bicyclic) bond motifs is 1. The third-order valence-corrected chi connectivity index (χ3v) is 2.24. The van der Waals surface area contributed by atoms with Crippen molar-refractivity contribution in [2.45, 2.75) is 13.8 Å². The van der Waals surface area contributed by atoms with E-state index >= 15 is 0 Å². The van der Waals surface area contributed by atoms with E-state index in [0.29, 0.717) is 0 Å². The van der Waals surface area contributed by atoms with Gasteiger partial charge in [0.2, 0.25) is 0 Å². The minimum Gasteiger partial charge on any atom is -0.282 e. The number of nitrogens with zero attached hydrogens (tertiary/aromatic N) is 1. The first-order valence-electron chi connectivity index (χ1n) is 4.29. The van der Waals surface area contributed by atoms with Gasteiger partial charge in [0.25, 0.3) is 0 Å². The molecular formula is C11H14N2. The van der Waals surface area contributed by atoms with Gasteiger partial charge >= 0.3 is 0 Å². The first-order chi connectivity index (χ1) is 6.18. The Labute approximate surface area is 78.8 Å². The highest BCUT2D eigenvalue weighted by atomic mass is 15.1. The molecule has 1 N–H and O–H groups in total. The van der Waals surface area contributed by atoms with Crippen LogP contribution in [0.4, 0.5) is 0 Å². The van der Waals surface area contributed by atoms with Gasteiger partial charge < -0.3 is 0 Å². The highest BCUT2D eigenvalue weighted by Crippen LogP contribution is 2.20. The van der Waals surface area contributed by atoms with Crippen molar-refractivity contribution in [3.8, 4) is 0 Å². The van der Waals surface area contributed by atoms with Crippen LogP contribution >= 0.6 is 0 Å².